The third-order valence-corrected chi connectivity index (χ3v) is 3.04. The summed E-state index contributed by atoms with van der Waals surface area (Å²) in [4.78, 5) is 24.7. The third kappa shape index (κ3) is 2.96. The molecule has 1 aliphatic heterocycles. The van der Waals surface area contributed by atoms with E-state index in [2.05, 4.69) is 5.32 Å². The topological polar surface area (TPSA) is 49.4 Å². The maximum Gasteiger partial charge on any atom is 0.246 e. The van der Waals surface area contributed by atoms with E-state index in [0.717, 1.165) is 23.1 Å². The Kier molecular flexibility index (Phi) is 3.90. The Bertz CT molecular complexity index is 499. The molecule has 0 radical (unpaired) electrons. The molecule has 1 atom stereocenters. The lowest BCUT2D eigenvalue weighted by molar-refractivity contribution is -0.150. The van der Waals surface area contributed by atoms with E-state index < -0.39 is 17.7 Å². The molecule has 2 rings (SSSR count). The second-order valence-electron chi connectivity index (χ2n) is 4.44. The summed E-state index contributed by atoms with van der Waals surface area (Å²) < 4.78 is 26.2. The molecule has 1 aromatic carbocycles. The molecular formula is C13H14F2N2O2. The molecule has 4 nitrogen and oxygen atoms in total. The Morgan fingerprint density at radius 3 is 2.47 bits per heavy atom. The van der Waals surface area contributed by atoms with Gasteiger partial charge in [0.25, 0.3) is 0 Å². The number of amides is 2. The van der Waals surface area contributed by atoms with Crippen molar-refractivity contribution < 1.29 is 18.4 Å². The first kappa shape index (κ1) is 13.6. The second-order valence-corrected chi connectivity index (χ2v) is 4.44. The maximum atomic E-state index is 13.1. The van der Waals surface area contributed by atoms with Gasteiger partial charge in [0.15, 0.2) is 0 Å². The molecule has 1 saturated heterocycles. The van der Waals surface area contributed by atoms with Gasteiger partial charge in [-0.25, -0.2) is 8.78 Å². The van der Waals surface area contributed by atoms with E-state index in [1.165, 1.54) is 0 Å². The number of imide groups is 1. The van der Waals surface area contributed by atoms with E-state index in [-0.39, 0.29) is 30.5 Å². The van der Waals surface area contributed by atoms with Crippen LogP contribution in [0.25, 0.3) is 0 Å². The summed E-state index contributed by atoms with van der Waals surface area (Å²) in [6, 6.07) is 2.56. The van der Waals surface area contributed by atoms with Crippen LogP contribution in [0, 0.1) is 11.6 Å². The number of hydrogen-bond acceptors (Lipinski definition) is 3. The van der Waals surface area contributed by atoms with Crippen LogP contribution in [0.5, 0.6) is 0 Å². The SMILES string of the molecule is CCC1NCC(=O)N(Cc2cc(F)cc(F)c2)C1=O. The zero-order valence-electron chi connectivity index (χ0n) is 10.5. The minimum Gasteiger partial charge on any atom is -0.297 e. The van der Waals surface area contributed by atoms with Crippen molar-refractivity contribution in [3.05, 3.63) is 35.4 Å². The number of halogens is 2. The number of hydrogen-bond donors (Lipinski definition) is 1. The van der Waals surface area contributed by atoms with Gasteiger partial charge in [-0.1, -0.05) is 6.92 Å². The molecule has 19 heavy (non-hydrogen) atoms. The van der Waals surface area contributed by atoms with Gasteiger partial charge in [0.05, 0.1) is 19.1 Å². The van der Waals surface area contributed by atoms with Crippen molar-refractivity contribution >= 4 is 11.8 Å². The lowest BCUT2D eigenvalue weighted by Gasteiger charge is -2.31. The molecule has 1 heterocycles. The number of carbonyl (C=O) groups is 2. The molecule has 0 bridgehead atoms. The van der Waals surface area contributed by atoms with Gasteiger partial charge < -0.3 is 0 Å². The molecule has 1 N–H and O–H groups in total. The molecule has 0 spiro atoms. The first-order valence-corrected chi connectivity index (χ1v) is 6.04. The highest BCUT2D eigenvalue weighted by Gasteiger charge is 2.32. The predicted octanol–water partition coefficient (Wildman–Crippen LogP) is 1.20. The zero-order chi connectivity index (χ0) is 14.0. The highest BCUT2D eigenvalue weighted by molar-refractivity contribution is 6.01. The molecule has 1 aliphatic rings. The summed E-state index contributed by atoms with van der Waals surface area (Å²) in [6.07, 6.45) is 0.556. The van der Waals surface area contributed by atoms with Gasteiger partial charge in [-0.2, -0.15) is 0 Å². The Labute approximate surface area is 109 Å². The van der Waals surface area contributed by atoms with Crippen LogP contribution in [0.2, 0.25) is 0 Å². The first-order chi connectivity index (χ1) is 9.01. The second kappa shape index (κ2) is 5.44. The molecular weight excluding hydrogens is 254 g/mol. The highest BCUT2D eigenvalue weighted by atomic mass is 19.1. The molecule has 1 aromatic rings. The molecule has 102 valence electrons. The summed E-state index contributed by atoms with van der Waals surface area (Å²) in [7, 11) is 0. The monoisotopic (exact) mass is 268 g/mol. The standard InChI is InChI=1S/C13H14F2N2O2/c1-2-11-13(19)17(12(18)6-16-11)7-8-3-9(14)5-10(15)4-8/h3-5,11,16H,2,6-7H2,1H3. The smallest absolute Gasteiger partial charge is 0.246 e. The van der Waals surface area contributed by atoms with Crippen molar-refractivity contribution in [2.75, 3.05) is 6.54 Å². The largest absolute Gasteiger partial charge is 0.297 e. The van der Waals surface area contributed by atoms with E-state index in [1.807, 2.05) is 6.92 Å². The number of nitrogens with one attached hydrogen (secondary N) is 1. The number of rotatable bonds is 3. The average Bonchev–Trinajstić information content (AvgIpc) is 2.33. The minimum absolute atomic E-state index is 0.0576. The predicted molar refractivity (Wildman–Crippen MR) is 64.0 cm³/mol. The van der Waals surface area contributed by atoms with Gasteiger partial charge in [0.1, 0.15) is 11.6 Å². The first-order valence-electron chi connectivity index (χ1n) is 6.04. The molecule has 0 aliphatic carbocycles. The van der Waals surface area contributed by atoms with Crippen molar-refractivity contribution in [1.82, 2.24) is 10.2 Å². The fourth-order valence-electron chi connectivity index (χ4n) is 2.07. The van der Waals surface area contributed by atoms with Crippen LogP contribution in [0.3, 0.4) is 0 Å². The normalized spacial score (nSPS) is 19.9. The van der Waals surface area contributed by atoms with Gasteiger partial charge in [0.2, 0.25) is 11.8 Å². The van der Waals surface area contributed by atoms with Crippen molar-refractivity contribution in [3.8, 4) is 0 Å². The fraction of sp³-hybridized carbons (Fsp3) is 0.385. The third-order valence-electron chi connectivity index (χ3n) is 3.04. The lowest BCUT2D eigenvalue weighted by atomic mass is 10.1. The van der Waals surface area contributed by atoms with Crippen molar-refractivity contribution in [2.24, 2.45) is 0 Å². The number of piperazine rings is 1. The number of carbonyl (C=O) groups excluding carboxylic acids is 2. The molecule has 2 amide bonds. The van der Waals surface area contributed by atoms with Gasteiger partial charge >= 0.3 is 0 Å². The molecule has 0 aromatic heterocycles. The van der Waals surface area contributed by atoms with Crippen LogP contribution in [-0.2, 0) is 16.1 Å². The van der Waals surface area contributed by atoms with Gasteiger partial charge in [-0.3, -0.25) is 19.8 Å². The summed E-state index contributed by atoms with van der Waals surface area (Å²) >= 11 is 0. The summed E-state index contributed by atoms with van der Waals surface area (Å²) in [5, 5.41) is 2.82. The Balaban J connectivity index is 2.20. The molecule has 1 fully saturated rings. The van der Waals surface area contributed by atoms with Crippen molar-refractivity contribution in [3.63, 3.8) is 0 Å². The maximum absolute atomic E-state index is 13.1. The van der Waals surface area contributed by atoms with Gasteiger partial charge in [-0.05, 0) is 24.1 Å². The van der Waals surface area contributed by atoms with Crippen LogP contribution in [0.4, 0.5) is 8.78 Å². The summed E-state index contributed by atoms with van der Waals surface area (Å²) in [6.45, 7) is 1.78. The summed E-state index contributed by atoms with van der Waals surface area (Å²) in [5.41, 5.74) is 0.260. The molecule has 1 unspecified atom stereocenters. The van der Waals surface area contributed by atoms with E-state index >= 15 is 0 Å². The van der Waals surface area contributed by atoms with Crippen LogP contribution in [-0.4, -0.2) is 29.3 Å². The average molecular weight is 268 g/mol. The van der Waals surface area contributed by atoms with E-state index in [9.17, 15) is 18.4 Å². The minimum atomic E-state index is -0.725. The number of benzene rings is 1. The van der Waals surface area contributed by atoms with Crippen LogP contribution < -0.4 is 5.32 Å². The van der Waals surface area contributed by atoms with Crippen molar-refractivity contribution in [1.29, 1.82) is 0 Å². The summed E-state index contributed by atoms with van der Waals surface area (Å²) in [5.74, 6) is -2.20. The quantitative estimate of drug-likeness (QED) is 0.838. The zero-order valence-corrected chi connectivity index (χ0v) is 10.5. The lowest BCUT2D eigenvalue weighted by Crippen LogP contribution is -2.57. The van der Waals surface area contributed by atoms with Crippen molar-refractivity contribution in [2.45, 2.75) is 25.9 Å². The number of nitrogens with zero attached hydrogens (tertiary/aromatic N) is 1. The van der Waals surface area contributed by atoms with Gasteiger partial charge in [0, 0.05) is 6.07 Å². The van der Waals surface area contributed by atoms with Crippen LogP contribution in [0.1, 0.15) is 18.9 Å². The van der Waals surface area contributed by atoms with Gasteiger partial charge in [-0.15, -0.1) is 0 Å². The van der Waals surface area contributed by atoms with E-state index in [4.69, 9.17) is 0 Å². The Hall–Kier alpha value is -1.82. The Morgan fingerprint density at radius 2 is 1.89 bits per heavy atom. The molecule has 6 heteroatoms. The Morgan fingerprint density at radius 1 is 1.26 bits per heavy atom. The van der Waals surface area contributed by atoms with Crippen LogP contribution in [0.15, 0.2) is 18.2 Å². The molecule has 0 saturated carbocycles. The van der Waals surface area contributed by atoms with Crippen LogP contribution >= 0.6 is 0 Å². The fourth-order valence-corrected chi connectivity index (χ4v) is 2.07. The highest BCUT2D eigenvalue weighted by Crippen LogP contribution is 2.14. The van der Waals surface area contributed by atoms with E-state index in [1.54, 1.807) is 0 Å². The van der Waals surface area contributed by atoms with E-state index in [0.29, 0.717) is 6.42 Å².